The summed E-state index contributed by atoms with van der Waals surface area (Å²) in [6.45, 7) is -0.438. The van der Waals surface area contributed by atoms with Crippen molar-refractivity contribution in [1.82, 2.24) is 0 Å². The molecule has 4 saturated carbocycles. The lowest BCUT2D eigenvalue weighted by Crippen LogP contribution is -2.56. The van der Waals surface area contributed by atoms with Gasteiger partial charge >= 0.3 is 12.1 Å². The normalized spacial score (nSPS) is 33.6. The van der Waals surface area contributed by atoms with Crippen LogP contribution in [0.25, 0.3) is 0 Å². The van der Waals surface area contributed by atoms with Crippen LogP contribution in [0.2, 0.25) is 0 Å². The minimum absolute atomic E-state index is 0.0125. The van der Waals surface area contributed by atoms with Crippen LogP contribution >= 0.6 is 15.9 Å². The second-order valence-electron chi connectivity index (χ2n) is 8.59. The van der Waals surface area contributed by atoms with Crippen LogP contribution in [0.5, 0.6) is 0 Å². The van der Waals surface area contributed by atoms with Crippen molar-refractivity contribution in [2.75, 3.05) is 11.9 Å². The summed E-state index contributed by atoms with van der Waals surface area (Å²) < 4.78 is 43.1. The SMILES string of the molecule is O=C(COC(=O)C12C[C@H]3C[C@@H](CC(Br)(C3)C1)C2)Nc1ccc(C(F)(F)F)cc1. The molecule has 4 nitrogen and oxygen atoms in total. The van der Waals surface area contributed by atoms with Crippen molar-refractivity contribution in [3.05, 3.63) is 29.8 Å². The molecule has 0 spiro atoms. The van der Waals surface area contributed by atoms with Gasteiger partial charge in [0.15, 0.2) is 6.61 Å². The van der Waals surface area contributed by atoms with Gasteiger partial charge in [0, 0.05) is 10.0 Å². The Labute approximate surface area is 169 Å². The first kappa shape index (κ1) is 19.7. The van der Waals surface area contributed by atoms with Crippen LogP contribution in [0.1, 0.15) is 44.1 Å². The molecule has 1 aromatic carbocycles. The van der Waals surface area contributed by atoms with Crippen LogP contribution < -0.4 is 5.32 Å². The number of benzene rings is 1. The topological polar surface area (TPSA) is 55.4 Å². The van der Waals surface area contributed by atoms with Gasteiger partial charge in [0.25, 0.3) is 5.91 Å². The Kier molecular flexibility index (Phi) is 4.75. The van der Waals surface area contributed by atoms with E-state index in [1.807, 2.05) is 0 Å². The highest BCUT2D eigenvalue weighted by atomic mass is 79.9. The smallest absolute Gasteiger partial charge is 0.416 e. The molecule has 4 aliphatic rings. The van der Waals surface area contributed by atoms with Crippen molar-refractivity contribution >= 4 is 33.5 Å². The zero-order valence-corrected chi connectivity index (χ0v) is 16.7. The first-order valence-electron chi connectivity index (χ1n) is 9.40. The molecule has 4 bridgehead atoms. The van der Waals surface area contributed by atoms with Gasteiger partial charge in [-0.25, -0.2) is 0 Å². The van der Waals surface area contributed by atoms with Gasteiger partial charge in [-0.1, -0.05) is 15.9 Å². The maximum Gasteiger partial charge on any atom is 0.416 e. The number of carbonyl (C=O) groups excluding carboxylic acids is 2. The molecule has 1 aromatic rings. The first-order valence-corrected chi connectivity index (χ1v) is 10.2. The van der Waals surface area contributed by atoms with E-state index in [0.717, 1.165) is 50.7 Å². The summed E-state index contributed by atoms with van der Waals surface area (Å²) in [5.74, 6) is 0.155. The Bertz CT molecular complexity index is 779. The van der Waals surface area contributed by atoms with Gasteiger partial charge in [0.2, 0.25) is 0 Å². The van der Waals surface area contributed by atoms with Gasteiger partial charge in [0.1, 0.15) is 0 Å². The molecule has 152 valence electrons. The summed E-state index contributed by atoms with van der Waals surface area (Å²) in [5, 5.41) is 2.46. The molecule has 8 heteroatoms. The molecule has 0 aliphatic heterocycles. The molecule has 4 aliphatic carbocycles. The number of hydrogen-bond acceptors (Lipinski definition) is 3. The van der Waals surface area contributed by atoms with Crippen molar-refractivity contribution in [1.29, 1.82) is 0 Å². The number of nitrogens with one attached hydrogen (secondary N) is 1. The molecular weight excluding hydrogens is 439 g/mol. The van der Waals surface area contributed by atoms with Gasteiger partial charge in [-0.05, 0) is 74.6 Å². The number of anilines is 1. The quantitative estimate of drug-likeness (QED) is 0.513. The summed E-state index contributed by atoms with van der Waals surface area (Å²) in [7, 11) is 0. The molecule has 28 heavy (non-hydrogen) atoms. The predicted molar refractivity (Wildman–Crippen MR) is 99.8 cm³/mol. The Hall–Kier alpha value is -1.57. The Morgan fingerprint density at radius 1 is 1.11 bits per heavy atom. The number of rotatable bonds is 4. The highest BCUT2D eigenvalue weighted by Crippen LogP contribution is 2.64. The zero-order valence-electron chi connectivity index (χ0n) is 15.2. The molecule has 0 heterocycles. The fourth-order valence-electron chi connectivity index (χ4n) is 5.61. The molecule has 1 N–H and O–H groups in total. The van der Waals surface area contributed by atoms with Crippen molar-refractivity contribution in [3.8, 4) is 0 Å². The third-order valence-corrected chi connectivity index (χ3v) is 7.18. The van der Waals surface area contributed by atoms with Crippen molar-refractivity contribution < 1.29 is 27.5 Å². The minimum Gasteiger partial charge on any atom is -0.455 e. The Balaban J connectivity index is 1.33. The third-order valence-electron chi connectivity index (χ3n) is 6.25. The van der Waals surface area contributed by atoms with E-state index in [1.54, 1.807) is 0 Å². The molecule has 1 amide bonds. The van der Waals surface area contributed by atoms with E-state index in [2.05, 4.69) is 21.2 Å². The van der Waals surface area contributed by atoms with Crippen molar-refractivity contribution in [2.45, 2.75) is 49.0 Å². The van der Waals surface area contributed by atoms with Crippen LogP contribution in [0, 0.1) is 17.3 Å². The van der Waals surface area contributed by atoms with Gasteiger partial charge < -0.3 is 10.1 Å². The molecule has 4 fully saturated rings. The van der Waals surface area contributed by atoms with Crippen LogP contribution in [0.15, 0.2) is 24.3 Å². The largest absolute Gasteiger partial charge is 0.455 e. The average molecular weight is 460 g/mol. The number of carbonyl (C=O) groups is 2. The highest BCUT2D eigenvalue weighted by molar-refractivity contribution is 9.10. The summed E-state index contributed by atoms with van der Waals surface area (Å²) in [4.78, 5) is 24.9. The van der Waals surface area contributed by atoms with E-state index in [1.165, 1.54) is 12.1 Å². The lowest BCUT2D eigenvalue weighted by atomic mass is 9.49. The molecule has 0 radical (unpaired) electrons. The van der Waals surface area contributed by atoms with Gasteiger partial charge in [-0.15, -0.1) is 0 Å². The predicted octanol–water partition coefficient (Wildman–Crippen LogP) is 4.92. The minimum atomic E-state index is -4.43. The van der Waals surface area contributed by atoms with Gasteiger partial charge in [0.05, 0.1) is 11.0 Å². The number of ether oxygens (including phenoxy) is 1. The number of hydrogen-bond donors (Lipinski definition) is 1. The van der Waals surface area contributed by atoms with E-state index >= 15 is 0 Å². The van der Waals surface area contributed by atoms with Crippen LogP contribution in [-0.4, -0.2) is 22.8 Å². The van der Waals surface area contributed by atoms with Gasteiger partial charge in [-0.2, -0.15) is 13.2 Å². The molecule has 0 aromatic heterocycles. The van der Waals surface area contributed by atoms with Crippen LogP contribution in [0.4, 0.5) is 18.9 Å². The summed E-state index contributed by atoms with van der Waals surface area (Å²) in [5.41, 5.74) is -1.08. The maximum atomic E-state index is 12.8. The van der Waals surface area contributed by atoms with E-state index in [9.17, 15) is 22.8 Å². The summed E-state index contributed by atoms with van der Waals surface area (Å²) >= 11 is 3.84. The molecule has 0 unspecified atom stereocenters. The Morgan fingerprint density at radius 3 is 2.25 bits per heavy atom. The average Bonchev–Trinajstić information content (AvgIpc) is 2.57. The number of halogens is 4. The van der Waals surface area contributed by atoms with Crippen molar-refractivity contribution in [2.24, 2.45) is 17.3 Å². The fourth-order valence-corrected chi connectivity index (χ4v) is 7.07. The second-order valence-corrected chi connectivity index (χ2v) is 10.3. The van der Waals surface area contributed by atoms with Crippen LogP contribution in [0.3, 0.4) is 0 Å². The number of amides is 1. The van der Waals surface area contributed by atoms with E-state index < -0.39 is 29.7 Å². The Morgan fingerprint density at radius 2 is 1.71 bits per heavy atom. The maximum absolute atomic E-state index is 12.8. The molecule has 5 rings (SSSR count). The third kappa shape index (κ3) is 3.80. The van der Waals surface area contributed by atoms with Gasteiger partial charge in [-0.3, -0.25) is 9.59 Å². The standard InChI is InChI=1S/C20H21BrF3NO3/c21-19-8-12-5-13(9-19)7-18(6-12,11-19)17(27)28-10-16(26)25-15-3-1-14(2-4-15)20(22,23)24/h1-4,12-13H,5-11H2,(H,25,26)/t12-,13-,18?,19?/m1/s1. The van der Waals surface area contributed by atoms with E-state index in [4.69, 9.17) is 4.74 Å². The summed E-state index contributed by atoms with van der Waals surface area (Å²) in [6, 6.07) is 4.14. The summed E-state index contributed by atoms with van der Waals surface area (Å²) in [6.07, 6.45) is 1.29. The van der Waals surface area contributed by atoms with Crippen molar-refractivity contribution in [3.63, 3.8) is 0 Å². The lowest BCUT2D eigenvalue weighted by Gasteiger charge is -2.58. The monoisotopic (exact) mass is 459 g/mol. The number of alkyl halides is 4. The van der Waals surface area contributed by atoms with Crippen LogP contribution in [-0.2, 0) is 20.5 Å². The second kappa shape index (κ2) is 6.75. The van der Waals surface area contributed by atoms with E-state index in [-0.39, 0.29) is 16.0 Å². The molecular formula is C20H21BrF3NO3. The fraction of sp³-hybridized carbons (Fsp3) is 0.600. The highest BCUT2D eigenvalue weighted by Gasteiger charge is 2.60. The number of esters is 1. The van der Waals surface area contributed by atoms with E-state index in [0.29, 0.717) is 11.8 Å². The molecule has 2 atom stereocenters. The zero-order chi connectivity index (χ0) is 20.2. The lowest BCUT2D eigenvalue weighted by molar-refractivity contribution is -0.170. The first-order chi connectivity index (χ1) is 13.1. The molecule has 0 saturated heterocycles.